The minimum absolute atomic E-state index is 0.117. The largest absolute Gasteiger partial charge is 0.478 e. The van der Waals surface area contributed by atoms with Gasteiger partial charge in [0.05, 0.1) is 5.54 Å². The quantitative estimate of drug-likeness (QED) is 0.888. The monoisotopic (exact) mass is 329 g/mol. The fourth-order valence-corrected chi connectivity index (χ4v) is 2.71. The maximum absolute atomic E-state index is 12.7. The number of nitrogens with one attached hydrogen (secondary N) is 1. The SMILES string of the molecule is CC(C)(Oc1ccc(Cl)cc1)C(=O)NC1(c2ccccc2)CC1. The molecule has 0 saturated heterocycles. The van der Waals surface area contributed by atoms with Crippen molar-refractivity contribution >= 4 is 17.5 Å². The molecule has 1 aliphatic rings. The maximum Gasteiger partial charge on any atom is 0.264 e. The highest BCUT2D eigenvalue weighted by Gasteiger charge is 2.48. The first-order chi connectivity index (χ1) is 10.9. The molecule has 0 atom stereocenters. The van der Waals surface area contributed by atoms with Crippen molar-refractivity contribution in [2.45, 2.75) is 37.8 Å². The van der Waals surface area contributed by atoms with Gasteiger partial charge in [-0.15, -0.1) is 0 Å². The topological polar surface area (TPSA) is 38.3 Å². The van der Waals surface area contributed by atoms with E-state index in [4.69, 9.17) is 16.3 Å². The molecule has 120 valence electrons. The van der Waals surface area contributed by atoms with Gasteiger partial charge in [0.1, 0.15) is 5.75 Å². The standard InChI is InChI=1S/C19H20ClNO2/c1-18(2,23-16-10-8-15(20)9-11-16)17(22)21-19(12-13-19)14-6-4-3-5-7-14/h3-11H,12-13H2,1-2H3,(H,21,22). The van der Waals surface area contributed by atoms with Crippen LogP contribution in [0, 0.1) is 0 Å². The van der Waals surface area contributed by atoms with Gasteiger partial charge in [0, 0.05) is 5.02 Å². The van der Waals surface area contributed by atoms with Gasteiger partial charge >= 0.3 is 0 Å². The summed E-state index contributed by atoms with van der Waals surface area (Å²) in [4.78, 5) is 12.7. The van der Waals surface area contributed by atoms with Gasteiger partial charge < -0.3 is 10.1 Å². The van der Waals surface area contributed by atoms with Gasteiger partial charge in [-0.25, -0.2) is 0 Å². The number of carbonyl (C=O) groups excluding carboxylic acids is 1. The number of hydrogen-bond acceptors (Lipinski definition) is 2. The number of carbonyl (C=O) groups is 1. The Balaban J connectivity index is 1.71. The molecule has 3 nitrogen and oxygen atoms in total. The summed E-state index contributed by atoms with van der Waals surface area (Å²) in [6.45, 7) is 3.55. The van der Waals surface area contributed by atoms with Gasteiger partial charge in [-0.2, -0.15) is 0 Å². The molecule has 0 bridgehead atoms. The van der Waals surface area contributed by atoms with Crippen LogP contribution in [0.25, 0.3) is 0 Å². The molecule has 0 aromatic heterocycles. The molecule has 1 aliphatic carbocycles. The number of benzene rings is 2. The van der Waals surface area contributed by atoms with Crippen molar-refractivity contribution in [1.82, 2.24) is 5.32 Å². The Hall–Kier alpha value is -2.00. The minimum atomic E-state index is -0.960. The van der Waals surface area contributed by atoms with Crippen molar-refractivity contribution < 1.29 is 9.53 Å². The Kier molecular flexibility index (Phi) is 4.07. The third kappa shape index (κ3) is 3.50. The molecule has 23 heavy (non-hydrogen) atoms. The summed E-state index contributed by atoms with van der Waals surface area (Å²) in [6.07, 6.45) is 1.92. The Labute approximate surface area is 141 Å². The number of halogens is 1. The molecule has 1 N–H and O–H groups in total. The van der Waals surface area contributed by atoms with Crippen LogP contribution < -0.4 is 10.1 Å². The van der Waals surface area contributed by atoms with Crippen molar-refractivity contribution in [2.75, 3.05) is 0 Å². The summed E-state index contributed by atoms with van der Waals surface area (Å²) in [6, 6.07) is 17.1. The van der Waals surface area contributed by atoms with Gasteiger partial charge in [-0.05, 0) is 56.5 Å². The first-order valence-corrected chi connectivity index (χ1v) is 8.12. The smallest absolute Gasteiger partial charge is 0.264 e. The Morgan fingerprint density at radius 1 is 1.09 bits per heavy atom. The molecule has 0 aliphatic heterocycles. The second-order valence-corrected chi connectivity index (χ2v) is 6.90. The van der Waals surface area contributed by atoms with E-state index in [0.717, 1.165) is 18.4 Å². The van der Waals surface area contributed by atoms with Crippen molar-refractivity contribution in [2.24, 2.45) is 0 Å². The average molecular weight is 330 g/mol. The third-order valence-electron chi connectivity index (χ3n) is 4.16. The minimum Gasteiger partial charge on any atom is -0.478 e. The fourth-order valence-electron chi connectivity index (χ4n) is 2.58. The molecule has 4 heteroatoms. The normalized spacial score (nSPS) is 15.8. The van der Waals surface area contributed by atoms with Crippen LogP contribution in [0.1, 0.15) is 32.3 Å². The first-order valence-electron chi connectivity index (χ1n) is 7.74. The molecular formula is C19H20ClNO2. The van der Waals surface area contributed by atoms with Gasteiger partial charge in [0.2, 0.25) is 0 Å². The molecule has 1 saturated carbocycles. The van der Waals surface area contributed by atoms with Crippen LogP contribution in [-0.2, 0) is 10.3 Å². The summed E-state index contributed by atoms with van der Waals surface area (Å²) in [7, 11) is 0. The second-order valence-electron chi connectivity index (χ2n) is 6.47. The van der Waals surface area contributed by atoms with E-state index in [1.807, 2.05) is 18.2 Å². The van der Waals surface area contributed by atoms with Crippen LogP contribution in [0.15, 0.2) is 54.6 Å². The highest BCUT2D eigenvalue weighted by Crippen LogP contribution is 2.45. The number of ether oxygens (including phenoxy) is 1. The predicted octanol–water partition coefficient (Wildman–Crippen LogP) is 4.30. The van der Waals surface area contributed by atoms with Crippen LogP contribution in [0.5, 0.6) is 5.75 Å². The van der Waals surface area contributed by atoms with Crippen LogP contribution in [0.3, 0.4) is 0 Å². The fraction of sp³-hybridized carbons (Fsp3) is 0.316. The number of hydrogen-bond donors (Lipinski definition) is 1. The highest BCUT2D eigenvalue weighted by molar-refractivity contribution is 6.30. The van der Waals surface area contributed by atoms with E-state index in [1.165, 1.54) is 0 Å². The summed E-state index contributed by atoms with van der Waals surface area (Å²) in [5.41, 5.74) is -0.0485. The molecular weight excluding hydrogens is 310 g/mol. The van der Waals surface area contributed by atoms with E-state index >= 15 is 0 Å². The van der Waals surface area contributed by atoms with Crippen LogP contribution in [-0.4, -0.2) is 11.5 Å². The molecule has 1 amide bonds. The van der Waals surface area contributed by atoms with Crippen molar-refractivity contribution in [3.63, 3.8) is 0 Å². The molecule has 0 radical (unpaired) electrons. The molecule has 1 fully saturated rings. The highest BCUT2D eigenvalue weighted by atomic mass is 35.5. The van der Waals surface area contributed by atoms with Crippen molar-refractivity contribution in [3.8, 4) is 5.75 Å². The molecule has 0 spiro atoms. The zero-order valence-corrected chi connectivity index (χ0v) is 14.1. The van der Waals surface area contributed by atoms with Crippen LogP contribution in [0.4, 0.5) is 0 Å². The van der Waals surface area contributed by atoms with Gasteiger partial charge in [0.25, 0.3) is 5.91 Å². The lowest BCUT2D eigenvalue weighted by molar-refractivity contribution is -0.135. The van der Waals surface area contributed by atoms with Crippen molar-refractivity contribution in [3.05, 3.63) is 65.2 Å². The van der Waals surface area contributed by atoms with Crippen molar-refractivity contribution in [1.29, 1.82) is 0 Å². The lowest BCUT2D eigenvalue weighted by Gasteiger charge is -2.28. The van der Waals surface area contributed by atoms with Gasteiger partial charge in [0.15, 0.2) is 5.60 Å². The third-order valence-corrected chi connectivity index (χ3v) is 4.41. The average Bonchev–Trinajstić information content (AvgIpc) is 3.31. The Bertz CT molecular complexity index is 691. The van der Waals surface area contributed by atoms with E-state index in [9.17, 15) is 4.79 Å². The maximum atomic E-state index is 12.7. The van der Waals surface area contributed by atoms with E-state index in [-0.39, 0.29) is 11.4 Å². The summed E-state index contributed by atoms with van der Waals surface area (Å²) in [5.74, 6) is 0.507. The molecule has 0 unspecified atom stereocenters. The zero-order valence-electron chi connectivity index (χ0n) is 13.3. The van der Waals surface area contributed by atoms with Gasteiger partial charge in [-0.3, -0.25) is 4.79 Å². The van der Waals surface area contributed by atoms with E-state index in [2.05, 4.69) is 17.4 Å². The molecule has 2 aromatic rings. The first kappa shape index (κ1) is 15.9. The van der Waals surface area contributed by atoms with Gasteiger partial charge in [-0.1, -0.05) is 41.9 Å². The van der Waals surface area contributed by atoms with E-state index < -0.39 is 5.60 Å². The summed E-state index contributed by atoms with van der Waals surface area (Å²) >= 11 is 5.87. The molecule has 0 heterocycles. The summed E-state index contributed by atoms with van der Waals surface area (Å²) < 4.78 is 5.86. The second kappa shape index (κ2) is 5.89. The van der Waals surface area contributed by atoms with E-state index in [1.54, 1.807) is 38.1 Å². The molecule has 2 aromatic carbocycles. The summed E-state index contributed by atoms with van der Waals surface area (Å²) in [5, 5.41) is 3.81. The lowest BCUT2D eigenvalue weighted by Crippen LogP contribution is -2.50. The van der Waals surface area contributed by atoms with Crippen LogP contribution in [0.2, 0.25) is 5.02 Å². The Morgan fingerprint density at radius 2 is 1.70 bits per heavy atom. The lowest BCUT2D eigenvalue weighted by atomic mass is 10.0. The predicted molar refractivity (Wildman–Crippen MR) is 91.7 cm³/mol. The Morgan fingerprint density at radius 3 is 2.26 bits per heavy atom. The number of amides is 1. The molecule has 3 rings (SSSR count). The van der Waals surface area contributed by atoms with E-state index in [0.29, 0.717) is 10.8 Å². The zero-order chi connectivity index (χ0) is 16.5. The van der Waals surface area contributed by atoms with Crippen LogP contribution >= 0.6 is 11.6 Å². The number of rotatable bonds is 5.